The van der Waals surface area contributed by atoms with Gasteiger partial charge in [0.2, 0.25) is 0 Å². The van der Waals surface area contributed by atoms with Crippen LogP contribution in [0, 0.1) is 53.1 Å². The molecule has 0 radical (unpaired) electrons. The van der Waals surface area contributed by atoms with Crippen LogP contribution in [0.1, 0.15) is 118 Å². The molecule has 6 aliphatic carbocycles. The molecule has 71 heavy (non-hydrogen) atoms. The molecule has 13 nitrogen and oxygen atoms in total. The molecule has 0 spiro atoms. The fourth-order valence-electron chi connectivity index (χ4n) is 12.3. The van der Waals surface area contributed by atoms with E-state index < -0.39 is 53.7 Å². The maximum Gasteiger partial charge on any atom is 0.425 e. The number of benzene rings is 4. The molecule has 0 amide bonds. The molecule has 0 bridgehead atoms. The van der Waals surface area contributed by atoms with Gasteiger partial charge in [-0.2, -0.15) is 8.42 Å². The van der Waals surface area contributed by atoms with Crippen LogP contribution in [0.4, 0.5) is 31.8 Å². The predicted octanol–water partition coefficient (Wildman–Crippen LogP) is 11.3. The Balaban J connectivity index is 0.000000176. The number of aryl methyl sites for hydroxylation is 3. The van der Waals surface area contributed by atoms with Crippen LogP contribution in [-0.4, -0.2) is 45.2 Å². The van der Waals surface area contributed by atoms with Crippen LogP contribution in [-0.2, 0) is 64.5 Å². The van der Waals surface area contributed by atoms with Crippen LogP contribution in [0.5, 0.6) is 5.75 Å². The van der Waals surface area contributed by atoms with E-state index in [0.29, 0.717) is 41.7 Å². The molecule has 0 N–H and O–H groups in total. The van der Waals surface area contributed by atoms with Gasteiger partial charge in [0.05, 0.1) is 11.4 Å². The van der Waals surface area contributed by atoms with E-state index in [-0.39, 0.29) is 28.0 Å². The van der Waals surface area contributed by atoms with Gasteiger partial charge in [-0.15, -0.1) is 34.0 Å². The van der Waals surface area contributed by atoms with Gasteiger partial charge >= 0.3 is 42.1 Å². The molecule has 4 aromatic carbocycles. The Morgan fingerprint density at radius 2 is 0.972 bits per heavy atom. The molecule has 0 aromatic heterocycles. The molecule has 4 fully saturated rings. The van der Waals surface area contributed by atoms with Gasteiger partial charge in [-0.05, 0) is 190 Å². The maximum atomic E-state index is 14.5. The standard InChI is InChI=1S/C24H25F2NO3S.C19H24O.C6H4F3NOS.2O3S/c1-24-13-12-20-19-9-7-18(30-31(26,29)27-17-5-3-16(25)4-6-17)14-15(19)2-8-21(20)22(24)10-11-23(24)28;1-12-3-5-14-13(11-12)4-6-16-15(14)9-10-19(2)17(16)7-8-18(19)20;7-5-1-3-6(4-2-5)10-12(8,9)11;2*1-4(2)3/h3-7,9,14,20-22H,2,8,10-13H2,1H3;3,5,11,15-17H,4,6-10H2,1-2H3;1-4H;;/t20-,21-,22?,24+,31?;15-,16-,17?,19+;;;/m11.../s1. The topological polar surface area (TPSA) is 205 Å². The van der Waals surface area contributed by atoms with Crippen molar-refractivity contribution in [1.29, 1.82) is 0 Å². The highest BCUT2D eigenvalue weighted by molar-refractivity contribution is 7.84. The van der Waals surface area contributed by atoms with Gasteiger partial charge in [-0.1, -0.05) is 55.3 Å². The lowest BCUT2D eigenvalue weighted by Gasteiger charge is -2.48. The first kappa shape index (κ1) is 55.1. The summed E-state index contributed by atoms with van der Waals surface area (Å²) in [5.41, 5.74) is 6.60. The third-order valence-electron chi connectivity index (χ3n) is 15.3. The van der Waals surface area contributed by atoms with Crippen molar-refractivity contribution in [2.75, 3.05) is 0 Å². The molecule has 0 saturated heterocycles. The molecular formula is C49H53F5N2O11S4. The smallest absolute Gasteiger partial charge is 0.373 e. The predicted molar refractivity (Wildman–Crippen MR) is 253 cm³/mol. The molecule has 0 aliphatic heterocycles. The van der Waals surface area contributed by atoms with E-state index in [1.165, 1.54) is 42.5 Å². The molecule has 4 saturated carbocycles. The van der Waals surface area contributed by atoms with E-state index in [9.17, 15) is 38.4 Å². The summed E-state index contributed by atoms with van der Waals surface area (Å²) in [5, 5.41) is 0. The molecular weight excluding hydrogens is 1020 g/mol. The average Bonchev–Trinajstić information content (AvgIpc) is 3.77. The minimum Gasteiger partial charge on any atom is -0.373 e. The molecule has 22 heteroatoms. The van der Waals surface area contributed by atoms with E-state index in [0.717, 1.165) is 105 Å². The molecule has 3 unspecified atom stereocenters. The summed E-state index contributed by atoms with van der Waals surface area (Å²) in [7, 11) is -15.8. The monoisotopic (exact) mass is 1070 g/mol. The zero-order valence-corrected chi connectivity index (χ0v) is 42.2. The summed E-state index contributed by atoms with van der Waals surface area (Å²) in [6.45, 7) is 6.60. The van der Waals surface area contributed by atoms with Gasteiger partial charge < -0.3 is 4.18 Å². The van der Waals surface area contributed by atoms with Crippen molar-refractivity contribution in [3.8, 4) is 5.75 Å². The van der Waals surface area contributed by atoms with Crippen LogP contribution in [0.3, 0.4) is 0 Å². The van der Waals surface area contributed by atoms with Crippen LogP contribution >= 0.6 is 0 Å². The molecule has 0 heterocycles. The average molecular weight is 1070 g/mol. The number of carbonyl (C=O) groups is 2. The Bertz CT molecular complexity index is 3100. The molecule has 9 atom stereocenters. The first-order chi connectivity index (χ1) is 33.3. The fourth-order valence-corrected chi connectivity index (χ4v) is 13.4. The van der Waals surface area contributed by atoms with Crippen molar-refractivity contribution in [2.45, 2.75) is 110 Å². The van der Waals surface area contributed by atoms with Gasteiger partial charge in [0.1, 0.15) is 29.0 Å². The molecule has 10 rings (SSSR count). The molecule has 384 valence electrons. The van der Waals surface area contributed by atoms with Crippen molar-refractivity contribution < 1.29 is 67.9 Å². The van der Waals surface area contributed by atoms with Crippen molar-refractivity contribution in [3.05, 3.63) is 124 Å². The highest BCUT2D eigenvalue weighted by Gasteiger charge is 2.55. The number of nitrogens with zero attached hydrogens (tertiary/aromatic N) is 2. The minimum atomic E-state index is -5.14. The van der Waals surface area contributed by atoms with Crippen molar-refractivity contribution >= 4 is 65.1 Å². The van der Waals surface area contributed by atoms with Gasteiger partial charge in [0.15, 0.2) is 0 Å². The number of rotatable bonds is 4. The summed E-state index contributed by atoms with van der Waals surface area (Å²) < 4.78 is 147. The fraction of sp³-hybridized carbons (Fsp3) is 0.469. The summed E-state index contributed by atoms with van der Waals surface area (Å²) in [4.78, 5) is 24.8. The Hall–Kier alpha value is -5.19. The highest BCUT2D eigenvalue weighted by atomic mass is 32.3. The molecule has 4 aromatic rings. The number of hydrogen-bond donors (Lipinski definition) is 0. The number of fused-ring (bicyclic) bond motifs is 10. The van der Waals surface area contributed by atoms with E-state index >= 15 is 0 Å². The first-order valence-corrected chi connectivity index (χ1v) is 27.6. The summed E-state index contributed by atoms with van der Waals surface area (Å²) >= 11 is 0. The van der Waals surface area contributed by atoms with E-state index in [1.54, 1.807) is 23.3 Å². The second-order valence-electron chi connectivity index (χ2n) is 19.2. The summed E-state index contributed by atoms with van der Waals surface area (Å²) in [5.74, 6) is 3.60. The third-order valence-corrected chi connectivity index (χ3v) is 16.5. The highest BCUT2D eigenvalue weighted by Crippen LogP contribution is 2.61. The second kappa shape index (κ2) is 22.7. The van der Waals surface area contributed by atoms with Gasteiger partial charge in [0, 0.05) is 23.7 Å². The van der Waals surface area contributed by atoms with E-state index in [2.05, 4.69) is 47.7 Å². The maximum absolute atomic E-state index is 14.5. The zero-order chi connectivity index (χ0) is 52.1. The van der Waals surface area contributed by atoms with Gasteiger partial charge in [-0.3, -0.25) is 9.59 Å². The Kier molecular flexibility index (Phi) is 17.6. The van der Waals surface area contributed by atoms with E-state index in [1.807, 2.05) is 6.07 Å². The second-order valence-corrected chi connectivity index (χ2v) is 22.1. The largest absolute Gasteiger partial charge is 0.425 e. The summed E-state index contributed by atoms with van der Waals surface area (Å²) in [6.07, 6.45) is 12.3. The lowest BCUT2D eigenvalue weighted by atomic mass is 9.55. The normalized spacial score (nSPS) is 27.2. The lowest BCUT2D eigenvalue weighted by molar-refractivity contribution is -0.130. The molecule has 6 aliphatic rings. The van der Waals surface area contributed by atoms with Crippen molar-refractivity contribution in [1.82, 2.24) is 0 Å². The van der Waals surface area contributed by atoms with Crippen LogP contribution in [0.2, 0.25) is 0 Å². The number of hydrogen-bond acceptors (Lipinski definition) is 13. The first-order valence-electron chi connectivity index (χ1n) is 22.9. The third kappa shape index (κ3) is 13.9. The van der Waals surface area contributed by atoms with Gasteiger partial charge in [-0.25, -0.2) is 8.78 Å². The number of halogens is 5. The Morgan fingerprint density at radius 3 is 1.41 bits per heavy atom. The number of ketones is 2. The Morgan fingerprint density at radius 1 is 0.563 bits per heavy atom. The van der Waals surface area contributed by atoms with Gasteiger partial charge in [0.25, 0.3) is 0 Å². The summed E-state index contributed by atoms with van der Waals surface area (Å²) in [6, 6.07) is 21.1. The lowest BCUT2D eigenvalue weighted by Crippen LogP contribution is -2.42. The Labute approximate surface area is 414 Å². The minimum absolute atomic E-state index is 0.0172. The zero-order valence-electron chi connectivity index (χ0n) is 38.9. The van der Waals surface area contributed by atoms with Crippen LogP contribution in [0.15, 0.2) is 93.7 Å². The SMILES string of the molecule is C[C@]12CC[C@@H]3c4ccc(OS(=O)(F)=Nc5ccc(F)cc5)cc4CC[C@H]3C1CCC2=O.Cc1ccc2c(c1)CC[C@H]1C3CCC(=O)[C@@]3(C)CC[C@H]21.O=S(=O)=O.O=S(=O)=O.O=S(F)(F)=Nc1ccc(F)cc1. The van der Waals surface area contributed by atoms with Crippen LogP contribution in [0.25, 0.3) is 0 Å². The van der Waals surface area contributed by atoms with Crippen molar-refractivity contribution in [2.24, 2.45) is 43.2 Å². The number of carbonyl (C=O) groups excluding carboxylic acids is 2. The van der Waals surface area contributed by atoms with Crippen LogP contribution < -0.4 is 4.18 Å². The number of Topliss-reactive ketones (excluding diaryl/α,β-unsaturated/α-hetero) is 2. The van der Waals surface area contributed by atoms with E-state index in [4.69, 9.17) is 29.4 Å². The van der Waals surface area contributed by atoms with Crippen molar-refractivity contribution in [3.63, 3.8) is 0 Å². The quantitative estimate of drug-likeness (QED) is 0.139.